The minimum Gasteiger partial charge on any atom is -0.456 e. The molecule has 0 amide bonds. The first-order valence-corrected chi connectivity index (χ1v) is 20.2. The van der Waals surface area contributed by atoms with E-state index in [0.717, 1.165) is 103 Å². The summed E-state index contributed by atoms with van der Waals surface area (Å²) in [6.45, 7) is 0. The van der Waals surface area contributed by atoms with Crippen LogP contribution < -0.4 is 5.69 Å². The molecule has 0 N–H and O–H groups in total. The summed E-state index contributed by atoms with van der Waals surface area (Å²) in [5, 5.41) is 1.85. The summed E-state index contributed by atoms with van der Waals surface area (Å²) in [5.74, 6) is 1.96. The maximum atomic E-state index is 13.1. The van der Waals surface area contributed by atoms with Crippen LogP contribution in [-0.2, 0) is 0 Å². The molecule has 1 unspecified atom stereocenters. The number of furan rings is 1. The minimum absolute atomic E-state index is 0.0287. The Morgan fingerprint density at radius 3 is 2.18 bits per heavy atom. The van der Waals surface area contributed by atoms with Gasteiger partial charge < -0.3 is 4.42 Å². The van der Waals surface area contributed by atoms with E-state index >= 15 is 0 Å². The van der Waals surface area contributed by atoms with Gasteiger partial charge in [-0.15, -0.1) is 0 Å². The number of hydrogen-bond acceptors (Lipinski definition) is 7. The number of aromatic nitrogens is 4. The highest BCUT2D eigenvalue weighted by molar-refractivity contribution is 6.14. The third-order valence-corrected chi connectivity index (χ3v) is 11.4. The number of hydrogen-bond donors (Lipinski definition) is 0. The van der Waals surface area contributed by atoms with E-state index in [2.05, 4.69) is 114 Å². The zero-order valence-electron chi connectivity index (χ0n) is 32.4. The van der Waals surface area contributed by atoms with E-state index in [0.29, 0.717) is 17.3 Å². The Morgan fingerprint density at radius 1 is 0.633 bits per heavy atom. The molecule has 1 atom stereocenters. The summed E-state index contributed by atoms with van der Waals surface area (Å²) in [6.07, 6.45) is 10.5. The zero-order chi connectivity index (χ0) is 40.0. The van der Waals surface area contributed by atoms with Crippen LogP contribution in [0.15, 0.2) is 189 Å². The molecule has 3 aromatic heterocycles. The van der Waals surface area contributed by atoms with Crippen LogP contribution >= 0.6 is 0 Å². The van der Waals surface area contributed by atoms with E-state index in [1.165, 1.54) is 10.7 Å². The Kier molecular flexibility index (Phi) is 8.73. The Balaban J connectivity index is 0.982. The lowest BCUT2D eigenvalue weighted by Gasteiger charge is -2.20. The molecule has 0 spiro atoms. The topological polar surface area (TPSA) is 98.0 Å². The summed E-state index contributed by atoms with van der Waals surface area (Å²) < 4.78 is 7.91. The van der Waals surface area contributed by atoms with Crippen molar-refractivity contribution in [2.24, 2.45) is 9.98 Å². The Morgan fingerprint density at radius 2 is 1.37 bits per heavy atom. The van der Waals surface area contributed by atoms with Crippen molar-refractivity contribution < 1.29 is 4.42 Å². The second-order valence-electron chi connectivity index (χ2n) is 15.1. The summed E-state index contributed by atoms with van der Waals surface area (Å²) in [6, 6.07) is 51.5. The van der Waals surface area contributed by atoms with Crippen LogP contribution in [0.5, 0.6) is 0 Å². The molecule has 9 aromatic rings. The van der Waals surface area contributed by atoms with Gasteiger partial charge in [0.2, 0.25) is 0 Å². The number of allylic oxidation sites excluding steroid dienone is 2. The van der Waals surface area contributed by atoms with Crippen LogP contribution in [0.2, 0.25) is 0 Å². The van der Waals surface area contributed by atoms with Gasteiger partial charge in [0, 0.05) is 33.4 Å². The average Bonchev–Trinajstić information content (AvgIpc) is 3.68. The number of benzene rings is 6. The van der Waals surface area contributed by atoms with Crippen LogP contribution in [0.25, 0.3) is 61.8 Å². The quantitative estimate of drug-likeness (QED) is 0.157. The minimum atomic E-state index is -0.415. The maximum absolute atomic E-state index is 13.1. The van der Waals surface area contributed by atoms with Crippen molar-refractivity contribution >= 4 is 50.8 Å². The van der Waals surface area contributed by atoms with Crippen LogP contribution in [0.3, 0.4) is 0 Å². The zero-order valence-corrected chi connectivity index (χ0v) is 32.4. The molecule has 2 aliphatic rings. The largest absolute Gasteiger partial charge is 0.456 e. The van der Waals surface area contributed by atoms with Crippen molar-refractivity contribution in [1.29, 1.82) is 0 Å². The first-order chi connectivity index (χ1) is 29.6. The van der Waals surface area contributed by atoms with Gasteiger partial charge in [-0.05, 0) is 83.5 Å². The van der Waals surface area contributed by atoms with Crippen molar-refractivity contribution in [3.8, 4) is 22.5 Å². The van der Waals surface area contributed by atoms with Crippen molar-refractivity contribution in [1.82, 2.24) is 19.4 Å². The molecule has 0 saturated carbocycles. The second kappa shape index (κ2) is 14.8. The lowest BCUT2D eigenvalue weighted by Crippen LogP contribution is -2.20. The van der Waals surface area contributed by atoms with E-state index in [4.69, 9.17) is 24.4 Å². The smallest absolute Gasteiger partial charge is 0.356 e. The summed E-state index contributed by atoms with van der Waals surface area (Å²) in [7, 11) is 0. The van der Waals surface area contributed by atoms with Gasteiger partial charge in [-0.3, -0.25) is 0 Å². The van der Waals surface area contributed by atoms with Gasteiger partial charge in [0.25, 0.3) is 0 Å². The molecule has 0 radical (unpaired) electrons. The Labute approximate surface area is 345 Å². The van der Waals surface area contributed by atoms with Gasteiger partial charge in [0.15, 0.2) is 17.3 Å². The van der Waals surface area contributed by atoms with Crippen molar-refractivity contribution in [3.63, 3.8) is 0 Å². The average molecular weight is 777 g/mol. The van der Waals surface area contributed by atoms with E-state index in [1.54, 1.807) is 0 Å². The predicted molar refractivity (Wildman–Crippen MR) is 240 cm³/mol. The molecule has 8 nitrogen and oxygen atoms in total. The van der Waals surface area contributed by atoms with E-state index in [1.807, 2.05) is 60.7 Å². The van der Waals surface area contributed by atoms with Crippen LogP contribution in [0.1, 0.15) is 58.8 Å². The van der Waals surface area contributed by atoms with Crippen molar-refractivity contribution in [2.45, 2.75) is 25.2 Å². The lowest BCUT2D eigenvalue weighted by molar-refractivity contribution is 0.589. The SMILES string of the molecule is O=c1nc(-c2ccccc2)nc2c3ccc(C4CC=Cc5oc6ccc(-c7cccc(C8=N/C(c9ccccc9)=C\CCC(c9ccccc9)=N8)c7)cc6c54)cc3ncn12. The first-order valence-electron chi connectivity index (χ1n) is 20.2. The van der Waals surface area contributed by atoms with Crippen LogP contribution in [-0.4, -0.2) is 30.9 Å². The highest BCUT2D eigenvalue weighted by atomic mass is 16.3. The number of rotatable bonds is 6. The molecular formula is C52H36N6O2. The van der Waals surface area contributed by atoms with Gasteiger partial charge in [-0.25, -0.2) is 29.1 Å². The molecule has 60 heavy (non-hydrogen) atoms. The van der Waals surface area contributed by atoms with Gasteiger partial charge >= 0.3 is 5.69 Å². The molecule has 1 aliphatic carbocycles. The van der Waals surface area contributed by atoms with E-state index in [9.17, 15) is 4.79 Å². The van der Waals surface area contributed by atoms with Crippen molar-refractivity contribution in [2.75, 3.05) is 0 Å². The molecular weight excluding hydrogens is 741 g/mol. The standard InChI is InChI=1S/C52H36N6O2/c59-52-57-49(35-17-8-3-9-18-35)56-51-41-27-25-38(31-45(41)53-32-58(51)52)40-21-11-24-47-48(40)42-30-37(26-28-46(42)60-47)36-19-10-20-39(29-36)50-54-43(33-13-4-1-5-14-33)22-12-23-44(55-50)34-15-6-2-7-16-34/h1-11,13-20,22,24-32,40H,12,21,23H2/b43-22-,54-50?,55-44?. The number of aliphatic imine (C=N–C) groups is 2. The maximum Gasteiger partial charge on any atom is 0.356 e. The van der Waals surface area contributed by atoms with Gasteiger partial charge in [-0.2, -0.15) is 4.98 Å². The van der Waals surface area contributed by atoms with Crippen LogP contribution in [0.4, 0.5) is 0 Å². The highest BCUT2D eigenvalue weighted by Gasteiger charge is 2.26. The van der Waals surface area contributed by atoms with E-state index < -0.39 is 5.69 Å². The van der Waals surface area contributed by atoms with Gasteiger partial charge in [0.05, 0.1) is 16.9 Å². The molecule has 0 bridgehead atoms. The Bertz CT molecular complexity index is 3310. The first kappa shape index (κ1) is 35.3. The van der Waals surface area contributed by atoms with Crippen LogP contribution in [0, 0.1) is 0 Å². The number of fused-ring (bicyclic) bond motifs is 6. The van der Waals surface area contributed by atoms with Gasteiger partial charge in [-0.1, -0.05) is 133 Å². The second-order valence-corrected chi connectivity index (χ2v) is 15.1. The molecule has 0 saturated heterocycles. The molecule has 1 aliphatic heterocycles. The number of nitrogens with zero attached hydrogens (tertiary/aromatic N) is 6. The monoisotopic (exact) mass is 776 g/mol. The molecule has 8 heteroatoms. The fourth-order valence-electron chi connectivity index (χ4n) is 8.45. The fourth-order valence-corrected chi connectivity index (χ4v) is 8.45. The normalized spacial score (nSPS) is 16.1. The third-order valence-electron chi connectivity index (χ3n) is 11.4. The van der Waals surface area contributed by atoms with Crippen molar-refractivity contribution in [3.05, 3.63) is 214 Å². The Hall–Kier alpha value is -7.84. The molecule has 6 aromatic carbocycles. The molecule has 4 heterocycles. The predicted octanol–water partition coefficient (Wildman–Crippen LogP) is 11.3. The summed E-state index contributed by atoms with van der Waals surface area (Å²) in [4.78, 5) is 37.4. The fraction of sp³-hybridized carbons (Fsp3) is 0.0769. The molecule has 286 valence electrons. The van der Waals surface area contributed by atoms with E-state index in [-0.39, 0.29) is 5.92 Å². The number of amidine groups is 1. The molecule has 11 rings (SSSR count). The summed E-state index contributed by atoms with van der Waals surface area (Å²) in [5.41, 5.74) is 11.9. The lowest BCUT2D eigenvalue weighted by atomic mass is 9.83. The summed E-state index contributed by atoms with van der Waals surface area (Å²) >= 11 is 0. The third kappa shape index (κ3) is 6.44. The molecule has 0 fully saturated rings. The highest BCUT2D eigenvalue weighted by Crippen LogP contribution is 2.43. The van der Waals surface area contributed by atoms with Gasteiger partial charge in [0.1, 0.15) is 17.7 Å².